The summed E-state index contributed by atoms with van der Waals surface area (Å²) in [5.41, 5.74) is 3.11. The van der Waals surface area contributed by atoms with E-state index in [1.807, 2.05) is 6.07 Å². The summed E-state index contributed by atoms with van der Waals surface area (Å²) in [5, 5.41) is 3.89. The average Bonchev–Trinajstić information content (AvgIpc) is 2.74. The van der Waals surface area contributed by atoms with E-state index >= 15 is 0 Å². The highest BCUT2D eigenvalue weighted by Crippen LogP contribution is 2.16. The first kappa shape index (κ1) is 20.8. The van der Waals surface area contributed by atoms with Gasteiger partial charge in [-0.1, -0.05) is 38.1 Å². The quantitative estimate of drug-likeness (QED) is 0.692. The van der Waals surface area contributed by atoms with Gasteiger partial charge in [-0.2, -0.15) is 0 Å². The minimum atomic E-state index is -0.0572. The summed E-state index contributed by atoms with van der Waals surface area (Å²) in [6.45, 7) is 11.6. The number of hydrogen-bond acceptors (Lipinski definition) is 5. The molecule has 0 bridgehead atoms. The van der Waals surface area contributed by atoms with Crippen LogP contribution in [0.3, 0.4) is 0 Å². The van der Waals surface area contributed by atoms with Crippen molar-refractivity contribution in [2.45, 2.75) is 32.0 Å². The molecule has 1 fully saturated rings. The number of aromatic nitrogens is 1. The Labute approximate surface area is 172 Å². The summed E-state index contributed by atoms with van der Waals surface area (Å²) >= 11 is 1.64. The van der Waals surface area contributed by atoms with E-state index in [1.54, 1.807) is 24.0 Å². The van der Waals surface area contributed by atoms with E-state index in [2.05, 4.69) is 58.2 Å². The van der Waals surface area contributed by atoms with Crippen LogP contribution in [0.2, 0.25) is 0 Å². The van der Waals surface area contributed by atoms with Crippen molar-refractivity contribution in [1.82, 2.24) is 20.1 Å². The Morgan fingerprint density at radius 1 is 1.04 bits per heavy atom. The summed E-state index contributed by atoms with van der Waals surface area (Å²) in [7, 11) is 0. The molecule has 2 aromatic rings. The number of benzene rings is 1. The van der Waals surface area contributed by atoms with Crippen molar-refractivity contribution >= 4 is 17.7 Å². The number of likely N-dealkylation sites (N-methyl/N-ethyl adjacent to an activating group) is 1. The third-order valence-electron chi connectivity index (χ3n) is 5.08. The molecule has 1 saturated heterocycles. The van der Waals surface area contributed by atoms with Crippen LogP contribution in [0.25, 0.3) is 0 Å². The monoisotopic (exact) mass is 398 g/mol. The lowest BCUT2D eigenvalue weighted by Gasteiger charge is -2.34. The summed E-state index contributed by atoms with van der Waals surface area (Å²) in [6.07, 6.45) is 1.70. The minimum Gasteiger partial charge on any atom is -0.348 e. The molecule has 1 aliphatic rings. The zero-order valence-electron chi connectivity index (χ0n) is 16.9. The maximum Gasteiger partial charge on any atom is 0.251 e. The molecule has 0 unspecified atom stereocenters. The second-order valence-electron chi connectivity index (χ2n) is 7.03. The van der Waals surface area contributed by atoms with Crippen LogP contribution in [0.15, 0.2) is 47.6 Å². The van der Waals surface area contributed by atoms with Gasteiger partial charge in [0.15, 0.2) is 0 Å². The third kappa shape index (κ3) is 6.06. The van der Waals surface area contributed by atoms with Gasteiger partial charge in [0.1, 0.15) is 0 Å². The summed E-state index contributed by atoms with van der Waals surface area (Å²) < 4.78 is 0. The predicted octanol–water partition coefficient (Wildman–Crippen LogP) is 3.26. The minimum absolute atomic E-state index is 0.0572. The predicted molar refractivity (Wildman–Crippen MR) is 116 cm³/mol. The van der Waals surface area contributed by atoms with Crippen LogP contribution in [-0.4, -0.2) is 59.2 Å². The fourth-order valence-electron chi connectivity index (χ4n) is 3.35. The lowest BCUT2D eigenvalue weighted by atomic mass is 10.1. The largest absolute Gasteiger partial charge is 0.348 e. The Balaban J connectivity index is 1.48. The molecule has 1 N–H and O–H groups in total. The number of hydrogen-bond donors (Lipinski definition) is 1. The fourth-order valence-corrected chi connectivity index (χ4v) is 3.99. The number of carbonyl (C=O) groups excluding carboxylic acids is 1. The van der Waals surface area contributed by atoms with E-state index in [1.165, 1.54) is 5.56 Å². The Morgan fingerprint density at radius 3 is 2.39 bits per heavy atom. The van der Waals surface area contributed by atoms with Gasteiger partial charge in [-0.3, -0.25) is 9.69 Å². The van der Waals surface area contributed by atoms with E-state index in [9.17, 15) is 4.79 Å². The number of carbonyl (C=O) groups is 1. The van der Waals surface area contributed by atoms with Gasteiger partial charge in [-0.15, -0.1) is 11.8 Å². The molecule has 1 amide bonds. The van der Waals surface area contributed by atoms with E-state index in [-0.39, 0.29) is 5.91 Å². The van der Waals surface area contributed by atoms with E-state index in [4.69, 9.17) is 0 Å². The van der Waals surface area contributed by atoms with Crippen LogP contribution < -0.4 is 5.32 Å². The maximum absolute atomic E-state index is 12.4. The molecule has 0 aliphatic carbocycles. The van der Waals surface area contributed by atoms with E-state index < -0.39 is 0 Å². The fraction of sp³-hybridized carbons (Fsp3) is 0.455. The van der Waals surface area contributed by atoms with Crippen LogP contribution in [0.5, 0.6) is 0 Å². The first-order valence-corrected chi connectivity index (χ1v) is 11.1. The van der Waals surface area contributed by atoms with Gasteiger partial charge >= 0.3 is 0 Å². The lowest BCUT2D eigenvalue weighted by molar-refractivity contribution is 0.0950. The molecule has 1 aliphatic heterocycles. The van der Waals surface area contributed by atoms with Gasteiger partial charge < -0.3 is 10.2 Å². The van der Waals surface area contributed by atoms with Crippen LogP contribution >= 0.6 is 11.8 Å². The van der Waals surface area contributed by atoms with Gasteiger partial charge in [-0.25, -0.2) is 4.98 Å². The number of amides is 1. The van der Waals surface area contributed by atoms with Gasteiger partial charge in [-0.05, 0) is 35.6 Å². The van der Waals surface area contributed by atoms with Crippen molar-refractivity contribution < 1.29 is 4.79 Å². The molecule has 0 saturated carbocycles. The Hall–Kier alpha value is -1.89. The smallest absolute Gasteiger partial charge is 0.251 e. The molecule has 1 aromatic carbocycles. The van der Waals surface area contributed by atoms with Crippen molar-refractivity contribution in [3.8, 4) is 0 Å². The van der Waals surface area contributed by atoms with Gasteiger partial charge in [0.2, 0.25) is 0 Å². The van der Waals surface area contributed by atoms with Crippen LogP contribution in [-0.2, 0) is 13.1 Å². The normalized spacial score (nSPS) is 15.5. The second-order valence-corrected chi connectivity index (χ2v) is 8.31. The standard InChI is InChI=1S/C22H30N4OS/c1-3-25-11-13-26(14-12-25)17-19-7-5-18(6-8-19)16-24-22(27)20-9-10-23-21(15-20)28-4-2/h5-10,15H,3-4,11-14,16-17H2,1-2H3,(H,24,27). The number of pyridine rings is 1. The molecule has 2 heterocycles. The molecule has 0 radical (unpaired) electrons. The highest BCUT2D eigenvalue weighted by Gasteiger charge is 2.15. The van der Waals surface area contributed by atoms with Crippen molar-refractivity contribution in [2.24, 2.45) is 0 Å². The molecule has 0 atom stereocenters. The van der Waals surface area contributed by atoms with Gasteiger partial charge in [0, 0.05) is 51.0 Å². The topological polar surface area (TPSA) is 48.5 Å². The number of piperazine rings is 1. The Bertz CT molecular complexity index is 757. The Morgan fingerprint density at radius 2 is 1.71 bits per heavy atom. The highest BCUT2D eigenvalue weighted by atomic mass is 32.2. The molecule has 1 aromatic heterocycles. The third-order valence-corrected chi connectivity index (χ3v) is 5.89. The summed E-state index contributed by atoms with van der Waals surface area (Å²) in [4.78, 5) is 21.7. The summed E-state index contributed by atoms with van der Waals surface area (Å²) in [6, 6.07) is 12.2. The zero-order chi connectivity index (χ0) is 19.8. The molecular formula is C22H30N4OS. The van der Waals surface area contributed by atoms with Crippen molar-refractivity contribution in [2.75, 3.05) is 38.5 Å². The number of nitrogens with zero attached hydrogens (tertiary/aromatic N) is 3. The van der Waals surface area contributed by atoms with E-state index in [0.717, 1.165) is 55.6 Å². The molecule has 3 rings (SSSR count). The molecule has 0 spiro atoms. The van der Waals surface area contributed by atoms with Crippen LogP contribution in [0, 0.1) is 0 Å². The second kappa shape index (κ2) is 10.6. The maximum atomic E-state index is 12.4. The van der Waals surface area contributed by atoms with Crippen molar-refractivity contribution in [3.05, 3.63) is 59.3 Å². The molecule has 6 heteroatoms. The lowest BCUT2D eigenvalue weighted by Crippen LogP contribution is -2.45. The summed E-state index contributed by atoms with van der Waals surface area (Å²) in [5.74, 6) is 0.886. The molecule has 5 nitrogen and oxygen atoms in total. The molecule has 150 valence electrons. The van der Waals surface area contributed by atoms with E-state index in [0.29, 0.717) is 12.1 Å². The van der Waals surface area contributed by atoms with Crippen LogP contribution in [0.1, 0.15) is 35.3 Å². The highest BCUT2D eigenvalue weighted by molar-refractivity contribution is 7.99. The SMILES string of the molecule is CCSc1cc(C(=O)NCc2ccc(CN3CCN(CC)CC3)cc2)ccn1. The average molecular weight is 399 g/mol. The first-order chi connectivity index (χ1) is 13.7. The molecule has 28 heavy (non-hydrogen) atoms. The number of rotatable bonds is 8. The zero-order valence-corrected chi connectivity index (χ0v) is 17.7. The number of thioether (sulfide) groups is 1. The van der Waals surface area contributed by atoms with Crippen LogP contribution in [0.4, 0.5) is 0 Å². The van der Waals surface area contributed by atoms with Gasteiger partial charge in [0.05, 0.1) is 5.03 Å². The van der Waals surface area contributed by atoms with Gasteiger partial charge in [0.25, 0.3) is 5.91 Å². The Kier molecular flexibility index (Phi) is 7.89. The molecular weight excluding hydrogens is 368 g/mol. The number of nitrogens with one attached hydrogen (secondary N) is 1. The van der Waals surface area contributed by atoms with Crippen molar-refractivity contribution in [1.29, 1.82) is 0 Å². The van der Waals surface area contributed by atoms with Crippen molar-refractivity contribution in [3.63, 3.8) is 0 Å². The first-order valence-electron chi connectivity index (χ1n) is 10.1.